The Bertz CT molecular complexity index is 170. The summed E-state index contributed by atoms with van der Waals surface area (Å²) in [7, 11) is 0. The van der Waals surface area contributed by atoms with Crippen molar-refractivity contribution in [3.8, 4) is 0 Å². The molecule has 0 N–H and O–H groups in total. The van der Waals surface area contributed by atoms with Crippen LogP contribution in [-0.2, 0) is 0 Å². The average Bonchev–Trinajstić information content (AvgIpc) is 2.01. The van der Waals surface area contributed by atoms with Gasteiger partial charge in [-0.1, -0.05) is 13.3 Å². The standard InChI is InChI=1S/C12H23N/c1-4-13-10(2)8-12(6-5-7-12)9-11(13)3/h10-11H,4-9H2,1-3H3/t10-,11-/m0/s1. The first kappa shape index (κ1) is 9.51. The first-order valence-electron chi connectivity index (χ1n) is 5.93. The van der Waals surface area contributed by atoms with Gasteiger partial charge < -0.3 is 0 Å². The van der Waals surface area contributed by atoms with Gasteiger partial charge in [0, 0.05) is 12.1 Å². The molecular formula is C12H23N. The van der Waals surface area contributed by atoms with E-state index in [9.17, 15) is 0 Å². The number of rotatable bonds is 1. The molecule has 76 valence electrons. The fourth-order valence-electron chi connectivity index (χ4n) is 3.71. The van der Waals surface area contributed by atoms with Crippen LogP contribution >= 0.6 is 0 Å². The summed E-state index contributed by atoms with van der Waals surface area (Å²) in [4.78, 5) is 2.67. The summed E-state index contributed by atoms with van der Waals surface area (Å²) < 4.78 is 0. The van der Waals surface area contributed by atoms with Gasteiger partial charge >= 0.3 is 0 Å². The maximum Gasteiger partial charge on any atom is 0.00749 e. The van der Waals surface area contributed by atoms with Crippen LogP contribution in [0.15, 0.2) is 0 Å². The second-order valence-corrected chi connectivity index (χ2v) is 5.29. The third-order valence-electron chi connectivity index (χ3n) is 4.37. The Kier molecular flexibility index (Phi) is 2.39. The van der Waals surface area contributed by atoms with Crippen molar-refractivity contribution < 1.29 is 0 Å². The molecule has 13 heavy (non-hydrogen) atoms. The van der Waals surface area contributed by atoms with Crippen LogP contribution in [0, 0.1) is 5.41 Å². The van der Waals surface area contributed by atoms with Crippen LogP contribution in [0.2, 0.25) is 0 Å². The number of piperidine rings is 1. The molecule has 0 aromatic rings. The van der Waals surface area contributed by atoms with E-state index in [-0.39, 0.29) is 0 Å². The molecule has 0 unspecified atom stereocenters. The van der Waals surface area contributed by atoms with Crippen molar-refractivity contribution >= 4 is 0 Å². The Balaban J connectivity index is 2.03. The van der Waals surface area contributed by atoms with E-state index in [2.05, 4.69) is 25.7 Å². The Morgan fingerprint density at radius 2 is 1.69 bits per heavy atom. The molecule has 0 aromatic carbocycles. The molecule has 1 saturated carbocycles. The molecule has 1 saturated heterocycles. The molecule has 1 spiro atoms. The van der Waals surface area contributed by atoms with Gasteiger partial charge in [-0.15, -0.1) is 0 Å². The molecular weight excluding hydrogens is 158 g/mol. The summed E-state index contributed by atoms with van der Waals surface area (Å²) in [5, 5.41) is 0. The van der Waals surface area contributed by atoms with Crippen molar-refractivity contribution in [2.24, 2.45) is 5.41 Å². The largest absolute Gasteiger partial charge is 0.298 e. The smallest absolute Gasteiger partial charge is 0.00749 e. The zero-order chi connectivity index (χ0) is 9.47. The highest BCUT2D eigenvalue weighted by atomic mass is 15.2. The Morgan fingerprint density at radius 1 is 1.15 bits per heavy atom. The Hall–Kier alpha value is -0.0400. The molecule has 1 heteroatoms. The fraction of sp³-hybridized carbons (Fsp3) is 1.00. The van der Waals surface area contributed by atoms with Crippen molar-refractivity contribution in [1.82, 2.24) is 4.90 Å². The van der Waals surface area contributed by atoms with Gasteiger partial charge in [-0.2, -0.15) is 0 Å². The molecule has 0 bridgehead atoms. The molecule has 1 nitrogen and oxygen atoms in total. The van der Waals surface area contributed by atoms with Gasteiger partial charge in [0.2, 0.25) is 0 Å². The molecule has 0 aromatic heterocycles. The predicted molar refractivity (Wildman–Crippen MR) is 56.8 cm³/mol. The topological polar surface area (TPSA) is 3.24 Å². The van der Waals surface area contributed by atoms with E-state index in [1.54, 1.807) is 0 Å². The van der Waals surface area contributed by atoms with Crippen molar-refractivity contribution in [2.75, 3.05) is 6.54 Å². The van der Waals surface area contributed by atoms with E-state index < -0.39 is 0 Å². The lowest BCUT2D eigenvalue weighted by atomic mass is 9.60. The van der Waals surface area contributed by atoms with Gasteiger partial charge in [0.1, 0.15) is 0 Å². The minimum absolute atomic E-state index is 0.782. The van der Waals surface area contributed by atoms with Crippen LogP contribution in [0.1, 0.15) is 52.9 Å². The minimum Gasteiger partial charge on any atom is -0.298 e. The molecule has 2 fully saturated rings. The molecule has 1 aliphatic carbocycles. The van der Waals surface area contributed by atoms with Crippen LogP contribution in [0.4, 0.5) is 0 Å². The molecule has 2 rings (SSSR count). The predicted octanol–water partition coefficient (Wildman–Crippen LogP) is 3.05. The summed E-state index contributed by atoms with van der Waals surface area (Å²) in [5.74, 6) is 0. The molecule has 1 aliphatic heterocycles. The lowest BCUT2D eigenvalue weighted by Crippen LogP contribution is -2.52. The Morgan fingerprint density at radius 3 is 2.00 bits per heavy atom. The van der Waals surface area contributed by atoms with Crippen LogP contribution in [-0.4, -0.2) is 23.5 Å². The zero-order valence-corrected chi connectivity index (χ0v) is 9.34. The van der Waals surface area contributed by atoms with Gasteiger partial charge in [-0.05, 0) is 51.5 Å². The summed E-state index contributed by atoms with van der Waals surface area (Å²) in [6.07, 6.45) is 7.44. The maximum absolute atomic E-state index is 2.67. The van der Waals surface area contributed by atoms with Gasteiger partial charge in [0.05, 0.1) is 0 Å². The van der Waals surface area contributed by atoms with Crippen LogP contribution in [0.25, 0.3) is 0 Å². The number of hydrogen-bond acceptors (Lipinski definition) is 1. The third kappa shape index (κ3) is 1.52. The van der Waals surface area contributed by atoms with Crippen LogP contribution in [0.3, 0.4) is 0 Å². The molecule has 0 amide bonds. The molecule has 0 radical (unpaired) electrons. The van der Waals surface area contributed by atoms with Gasteiger partial charge in [-0.25, -0.2) is 0 Å². The Labute approximate surface area is 82.5 Å². The highest BCUT2D eigenvalue weighted by Crippen LogP contribution is 2.52. The second kappa shape index (κ2) is 3.27. The van der Waals surface area contributed by atoms with Crippen LogP contribution < -0.4 is 0 Å². The normalized spacial score (nSPS) is 39.0. The molecule has 1 heterocycles. The summed E-state index contributed by atoms with van der Waals surface area (Å²) >= 11 is 0. The second-order valence-electron chi connectivity index (χ2n) is 5.29. The van der Waals surface area contributed by atoms with E-state index in [4.69, 9.17) is 0 Å². The quantitative estimate of drug-likeness (QED) is 0.601. The first-order chi connectivity index (χ1) is 6.17. The summed E-state index contributed by atoms with van der Waals surface area (Å²) in [5.41, 5.74) is 0.782. The maximum atomic E-state index is 2.67. The molecule has 2 atom stereocenters. The highest BCUT2D eigenvalue weighted by molar-refractivity contribution is 4.97. The van der Waals surface area contributed by atoms with E-state index >= 15 is 0 Å². The highest BCUT2D eigenvalue weighted by Gasteiger charge is 2.44. The third-order valence-corrected chi connectivity index (χ3v) is 4.37. The number of nitrogens with zero attached hydrogens (tertiary/aromatic N) is 1. The van der Waals surface area contributed by atoms with Gasteiger partial charge in [0.25, 0.3) is 0 Å². The SMILES string of the molecule is CCN1[C@@H](C)CC2(CCC2)C[C@@H]1C. The lowest BCUT2D eigenvalue weighted by molar-refractivity contribution is -0.0284. The monoisotopic (exact) mass is 181 g/mol. The average molecular weight is 181 g/mol. The number of likely N-dealkylation sites (tertiary alicyclic amines) is 1. The molecule has 2 aliphatic rings. The van der Waals surface area contributed by atoms with Crippen LogP contribution in [0.5, 0.6) is 0 Å². The number of hydrogen-bond donors (Lipinski definition) is 0. The van der Waals surface area contributed by atoms with Crippen molar-refractivity contribution in [3.05, 3.63) is 0 Å². The van der Waals surface area contributed by atoms with Crippen molar-refractivity contribution in [1.29, 1.82) is 0 Å². The van der Waals surface area contributed by atoms with E-state index in [0.29, 0.717) is 0 Å². The minimum atomic E-state index is 0.782. The van der Waals surface area contributed by atoms with Crippen molar-refractivity contribution in [2.45, 2.75) is 65.0 Å². The van der Waals surface area contributed by atoms with Gasteiger partial charge in [-0.3, -0.25) is 4.90 Å². The van der Waals surface area contributed by atoms with E-state index in [1.807, 2.05) is 0 Å². The lowest BCUT2D eigenvalue weighted by Gasteiger charge is -2.53. The summed E-state index contributed by atoms with van der Waals surface area (Å²) in [6.45, 7) is 8.36. The summed E-state index contributed by atoms with van der Waals surface area (Å²) in [6, 6.07) is 1.66. The van der Waals surface area contributed by atoms with E-state index in [0.717, 1.165) is 17.5 Å². The van der Waals surface area contributed by atoms with Crippen molar-refractivity contribution in [3.63, 3.8) is 0 Å². The fourth-order valence-corrected chi connectivity index (χ4v) is 3.71. The first-order valence-corrected chi connectivity index (χ1v) is 5.93. The van der Waals surface area contributed by atoms with Gasteiger partial charge in [0.15, 0.2) is 0 Å². The zero-order valence-electron chi connectivity index (χ0n) is 9.34. The van der Waals surface area contributed by atoms with E-state index in [1.165, 1.54) is 38.6 Å².